The van der Waals surface area contributed by atoms with Crippen LogP contribution in [0.15, 0.2) is 102 Å². The van der Waals surface area contributed by atoms with Gasteiger partial charge in [0, 0.05) is 19.0 Å². The van der Waals surface area contributed by atoms with Crippen LogP contribution in [-0.2, 0) is 32.6 Å². The third-order valence-electron chi connectivity index (χ3n) is 8.37. The van der Waals surface area contributed by atoms with Crippen molar-refractivity contribution in [2.24, 2.45) is 0 Å². The number of anilines is 1. The molecule has 4 aromatic rings. The van der Waals surface area contributed by atoms with Crippen molar-refractivity contribution in [1.29, 1.82) is 0 Å². The predicted molar refractivity (Wildman–Crippen MR) is 185 cm³/mol. The first-order valence-electron chi connectivity index (χ1n) is 15.7. The van der Waals surface area contributed by atoms with Gasteiger partial charge in [0.05, 0.1) is 10.6 Å². The summed E-state index contributed by atoms with van der Waals surface area (Å²) >= 11 is 0. The lowest BCUT2D eigenvalue weighted by Crippen LogP contribution is -2.54. The van der Waals surface area contributed by atoms with Gasteiger partial charge >= 0.3 is 0 Å². The minimum atomic E-state index is -4.15. The highest BCUT2D eigenvalue weighted by Crippen LogP contribution is 2.27. The highest BCUT2D eigenvalue weighted by atomic mass is 32.2. The van der Waals surface area contributed by atoms with Crippen molar-refractivity contribution in [1.82, 2.24) is 10.2 Å². The Balaban J connectivity index is 1.83. The lowest BCUT2D eigenvalue weighted by molar-refractivity contribution is -0.140. The Morgan fingerprint density at radius 1 is 0.761 bits per heavy atom. The second-order valence-electron chi connectivity index (χ2n) is 12.1. The van der Waals surface area contributed by atoms with Crippen LogP contribution in [0.4, 0.5) is 5.69 Å². The van der Waals surface area contributed by atoms with E-state index in [1.807, 2.05) is 102 Å². The molecule has 0 saturated carbocycles. The van der Waals surface area contributed by atoms with Crippen LogP contribution < -0.4 is 9.62 Å². The number of nitrogens with one attached hydrogen (secondary N) is 1. The van der Waals surface area contributed by atoms with Crippen LogP contribution in [0.2, 0.25) is 0 Å². The summed E-state index contributed by atoms with van der Waals surface area (Å²) in [5.41, 5.74) is 5.99. The molecule has 0 aliphatic heterocycles. The van der Waals surface area contributed by atoms with Crippen LogP contribution in [-0.4, -0.2) is 43.8 Å². The molecule has 1 N–H and O–H groups in total. The zero-order chi connectivity index (χ0) is 33.4. The van der Waals surface area contributed by atoms with Gasteiger partial charge in [0.1, 0.15) is 12.6 Å². The highest BCUT2D eigenvalue weighted by molar-refractivity contribution is 7.92. The maximum Gasteiger partial charge on any atom is 0.264 e. The van der Waals surface area contributed by atoms with Gasteiger partial charge in [-0.2, -0.15) is 0 Å². The van der Waals surface area contributed by atoms with Gasteiger partial charge in [-0.1, -0.05) is 90.8 Å². The topological polar surface area (TPSA) is 86.8 Å². The monoisotopic (exact) mass is 639 g/mol. The molecule has 242 valence electrons. The Hall–Kier alpha value is -4.43. The van der Waals surface area contributed by atoms with Gasteiger partial charge < -0.3 is 10.2 Å². The summed E-state index contributed by atoms with van der Waals surface area (Å²) in [5.74, 6) is -0.756. The summed E-state index contributed by atoms with van der Waals surface area (Å²) in [4.78, 5) is 30.2. The highest BCUT2D eigenvalue weighted by Gasteiger charge is 2.35. The SMILES string of the molecule is CC[C@H](C)NC(=O)[C@H](Cc1ccccc1)N(Cc1cccc(C)c1)C(=O)CN(c1ccc(C)c(C)c1)S(=O)(=O)c1ccc(C)cc1. The average Bonchev–Trinajstić information content (AvgIpc) is 3.03. The van der Waals surface area contributed by atoms with Crippen LogP contribution in [0.5, 0.6) is 0 Å². The normalized spacial score (nSPS) is 12.7. The molecule has 0 heterocycles. The van der Waals surface area contributed by atoms with E-state index >= 15 is 0 Å². The van der Waals surface area contributed by atoms with Gasteiger partial charge in [-0.05, 0) is 87.6 Å². The zero-order valence-electron chi connectivity index (χ0n) is 27.7. The first-order valence-corrected chi connectivity index (χ1v) is 17.2. The Morgan fingerprint density at radius 2 is 1.43 bits per heavy atom. The minimum Gasteiger partial charge on any atom is -0.352 e. The van der Waals surface area contributed by atoms with E-state index in [1.54, 1.807) is 36.4 Å². The molecule has 4 aromatic carbocycles. The molecule has 46 heavy (non-hydrogen) atoms. The molecule has 0 saturated heterocycles. The summed E-state index contributed by atoms with van der Waals surface area (Å²) in [6.45, 7) is 11.3. The third-order valence-corrected chi connectivity index (χ3v) is 10.2. The summed E-state index contributed by atoms with van der Waals surface area (Å²) in [5, 5.41) is 3.08. The Bertz CT molecular complexity index is 1750. The van der Waals surface area contributed by atoms with Crippen LogP contribution in [0.25, 0.3) is 0 Å². The summed E-state index contributed by atoms with van der Waals surface area (Å²) in [6.07, 6.45) is 1.000. The molecule has 0 spiro atoms. The fourth-order valence-corrected chi connectivity index (χ4v) is 6.66. The first kappa shape index (κ1) is 34.4. The van der Waals surface area contributed by atoms with E-state index in [2.05, 4.69) is 5.32 Å². The van der Waals surface area contributed by atoms with Crippen LogP contribution in [0.1, 0.15) is 53.6 Å². The molecule has 0 fully saturated rings. The smallest absolute Gasteiger partial charge is 0.264 e. The number of rotatable bonds is 13. The van der Waals surface area contributed by atoms with Crippen molar-refractivity contribution in [3.63, 3.8) is 0 Å². The minimum absolute atomic E-state index is 0.0877. The van der Waals surface area contributed by atoms with Crippen molar-refractivity contribution in [2.75, 3.05) is 10.8 Å². The van der Waals surface area contributed by atoms with Crippen molar-refractivity contribution < 1.29 is 18.0 Å². The maximum absolute atomic E-state index is 14.6. The summed E-state index contributed by atoms with van der Waals surface area (Å²) in [6, 6.07) is 28.4. The van der Waals surface area contributed by atoms with Gasteiger partial charge in [-0.25, -0.2) is 8.42 Å². The van der Waals surface area contributed by atoms with Crippen molar-refractivity contribution >= 4 is 27.5 Å². The van der Waals surface area contributed by atoms with E-state index in [9.17, 15) is 18.0 Å². The van der Waals surface area contributed by atoms with Crippen LogP contribution >= 0.6 is 0 Å². The lowest BCUT2D eigenvalue weighted by atomic mass is 10.0. The molecule has 0 aliphatic rings. The Labute approximate surface area is 274 Å². The average molecular weight is 640 g/mol. The quantitative estimate of drug-likeness (QED) is 0.177. The molecule has 0 radical (unpaired) electrons. The first-order chi connectivity index (χ1) is 21.9. The molecule has 2 amide bonds. The van der Waals surface area contributed by atoms with Gasteiger partial charge in [0.15, 0.2) is 0 Å². The number of hydrogen-bond donors (Lipinski definition) is 1. The lowest BCUT2D eigenvalue weighted by Gasteiger charge is -2.34. The number of aryl methyl sites for hydroxylation is 4. The zero-order valence-corrected chi connectivity index (χ0v) is 28.5. The fraction of sp³-hybridized carbons (Fsp3) is 0.316. The van der Waals surface area contributed by atoms with Crippen LogP contribution in [0, 0.1) is 27.7 Å². The van der Waals surface area contributed by atoms with E-state index in [1.165, 1.54) is 9.21 Å². The standard InChI is InChI=1S/C38H45N3O4S/c1-7-31(6)39-38(43)36(24-32-13-9-8-10-14-32)40(25-33-15-11-12-28(3)22-33)37(42)26-41(34-19-18-29(4)30(5)23-34)46(44,45)35-20-16-27(2)17-21-35/h8-23,31,36H,7,24-26H2,1-6H3,(H,39,43)/t31-,36-/m0/s1. The van der Waals surface area contributed by atoms with Crippen molar-refractivity contribution in [2.45, 2.75) is 77.9 Å². The molecule has 7 nitrogen and oxygen atoms in total. The number of amides is 2. The molecule has 0 unspecified atom stereocenters. The number of benzene rings is 4. The largest absolute Gasteiger partial charge is 0.352 e. The number of nitrogens with zero attached hydrogens (tertiary/aromatic N) is 2. The third kappa shape index (κ3) is 8.63. The number of hydrogen-bond acceptors (Lipinski definition) is 4. The fourth-order valence-electron chi connectivity index (χ4n) is 5.25. The molecular weight excluding hydrogens is 595 g/mol. The van der Waals surface area contributed by atoms with Gasteiger partial charge in [0.25, 0.3) is 10.0 Å². The predicted octanol–water partition coefficient (Wildman–Crippen LogP) is 6.67. The van der Waals surface area contributed by atoms with Crippen molar-refractivity contribution in [3.8, 4) is 0 Å². The van der Waals surface area contributed by atoms with Gasteiger partial charge in [-0.3, -0.25) is 13.9 Å². The van der Waals surface area contributed by atoms with E-state index < -0.39 is 28.5 Å². The number of sulfonamides is 1. The van der Waals surface area contributed by atoms with E-state index in [-0.39, 0.29) is 29.8 Å². The molecule has 0 bridgehead atoms. The number of carbonyl (C=O) groups excluding carboxylic acids is 2. The molecular formula is C38H45N3O4S. The molecule has 0 aliphatic carbocycles. The van der Waals surface area contributed by atoms with Gasteiger partial charge in [0.2, 0.25) is 11.8 Å². The Kier molecular flexibility index (Phi) is 11.4. The van der Waals surface area contributed by atoms with Gasteiger partial charge in [-0.15, -0.1) is 0 Å². The molecule has 8 heteroatoms. The second kappa shape index (κ2) is 15.2. The summed E-state index contributed by atoms with van der Waals surface area (Å²) in [7, 11) is -4.15. The van der Waals surface area contributed by atoms with E-state index in [0.29, 0.717) is 5.69 Å². The van der Waals surface area contributed by atoms with E-state index in [0.717, 1.165) is 39.8 Å². The Morgan fingerprint density at radius 3 is 2.07 bits per heavy atom. The molecule has 2 atom stereocenters. The van der Waals surface area contributed by atoms with Crippen molar-refractivity contribution in [3.05, 3.63) is 130 Å². The summed E-state index contributed by atoms with van der Waals surface area (Å²) < 4.78 is 29.7. The number of carbonyl (C=O) groups is 2. The maximum atomic E-state index is 14.6. The van der Waals surface area contributed by atoms with E-state index in [4.69, 9.17) is 0 Å². The second-order valence-corrected chi connectivity index (χ2v) is 14.0. The molecule has 4 rings (SSSR count). The molecule has 0 aromatic heterocycles. The van der Waals surface area contributed by atoms with Crippen LogP contribution in [0.3, 0.4) is 0 Å².